The predicted octanol–water partition coefficient (Wildman–Crippen LogP) is 5.21. The summed E-state index contributed by atoms with van der Waals surface area (Å²) in [4.78, 5) is 26.0. The number of hydrogen-bond acceptors (Lipinski definition) is 6. The number of benzene rings is 1. The number of amides is 1. The number of nitrogens with one attached hydrogen (secondary N) is 1. The number of pyridine rings is 2. The molecule has 180 valence electrons. The Kier molecular flexibility index (Phi) is 5.58. The van der Waals surface area contributed by atoms with Crippen molar-refractivity contribution in [2.75, 3.05) is 5.32 Å². The topological polar surface area (TPSA) is 92.4 Å². The Labute approximate surface area is 210 Å². The van der Waals surface area contributed by atoms with E-state index in [1.807, 2.05) is 34.9 Å². The maximum Gasteiger partial charge on any atom is 0.230 e. The molecule has 0 radical (unpaired) electrons. The Balaban J connectivity index is 1.18. The molecule has 5 aromatic rings. The number of hydrogen-bond donors (Lipinski definition) is 2. The van der Waals surface area contributed by atoms with E-state index in [0.29, 0.717) is 29.1 Å². The van der Waals surface area contributed by atoms with E-state index in [1.54, 1.807) is 36.9 Å². The number of fused-ring (bicyclic) bond motifs is 1. The van der Waals surface area contributed by atoms with Gasteiger partial charge >= 0.3 is 0 Å². The third-order valence-electron chi connectivity index (χ3n) is 6.62. The van der Waals surface area contributed by atoms with Crippen LogP contribution in [0.5, 0.6) is 0 Å². The molecule has 1 fully saturated rings. The quantitative estimate of drug-likeness (QED) is 0.335. The third-order valence-corrected chi connectivity index (χ3v) is 7.72. The standard InChI is InChI=1S/C27H22FN5O2S/c28-21-12-20(22-15-30-24-13-18(6-11-33(22)24)17-4-9-29-10-5-17)3-2-19(21)14-25(34)32-26-31-16-23(36-26)27(35)7-1-8-27/h2-6,9-13,15-16,35H,1,7-8,14H2,(H,31,32,34). The van der Waals surface area contributed by atoms with Gasteiger partial charge in [0.2, 0.25) is 5.91 Å². The van der Waals surface area contributed by atoms with Gasteiger partial charge in [0.1, 0.15) is 17.1 Å². The first-order chi connectivity index (χ1) is 17.5. The van der Waals surface area contributed by atoms with Gasteiger partial charge in [0, 0.05) is 30.4 Å². The molecule has 1 amide bonds. The minimum absolute atomic E-state index is 0.117. The highest BCUT2D eigenvalue weighted by molar-refractivity contribution is 7.15. The van der Waals surface area contributed by atoms with Crippen LogP contribution in [0.25, 0.3) is 28.0 Å². The number of anilines is 1. The molecular weight excluding hydrogens is 477 g/mol. The van der Waals surface area contributed by atoms with Crippen LogP contribution in [0.1, 0.15) is 29.7 Å². The molecule has 4 aromatic heterocycles. The smallest absolute Gasteiger partial charge is 0.230 e. The van der Waals surface area contributed by atoms with Crippen molar-refractivity contribution in [2.24, 2.45) is 0 Å². The van der Waals surface area contributed by atoms with Crippen LogP contribution in [0.3, 0.4) is 0 Å². The molecule has 36 heavy (non-hydrogen) atoms. The summed E-state index contributed by atoms with van der Waals surface area (Å²) in [5.74, 6) is -0.823. The number of aliphatic hydroxyl groups is 1. The van der Waals surface area contributed by atoms with Gasteiger partial charge < -0.3 is 10.4 Å². The second-order valence-electron chi connectivity index (χ2n) is 8.97. The maximum absolute atomic E-state index is 15.0. The van der Waals surface area contributed by atoms with Crippen molar-refractivity contribution in [1.29, 1.82) is 0 Å². The molecule has 9 heteroatoms. The summed E-state index contributed by atoms with van der Waals surface area (Å²) in [6.45, 7) is 0. The number of imidazole rings is 1. The van der Waals surface area contributed by atoms with E-state index in [2.05, 4.69) is 20.3 Å². The zero-order chi connectivity index (χ0) is 24.7. The number of rotatable bonds is 6. The molecule has 0 saturated heterocycles. The van der Waals surface area contributed by atoms with E-state index in [-0.39, 0.29) is 12.3 Å². The van der Waals surface area contributed by atoms with E-state index in [9.17, 15) is 14.3 Å². The van der Waals surface area contributed by atoms with Crippen LogP contribution in [0, 0.1) is 5.82 Å². The highest BCUT2D eigenvalue weighted by Gasteiger charge is 2.38. The Morgan fingerprint density at radius 1 is 1.06 bits per heavy atom. The summed E-state index contributed by atoms with van der Waals surface area (Å²) in [6.07, 6.45) is 11.0. The molecule has 7 nitrogen and oxygen atoms in total. The Morgan fingerprint density at radius 3 is 2.64 bits per heavy atom. The molecule has 1 aliphatic carbocycles. The molecule has 1 aromatic carbocycles. The number of nitrogens with zero attached hydrogens (tertiary/aromatic N) is 4. The molecule has 1 saturated carbocycles. The molecule has 0 unspecified atom stereocenters. The van der Waals surface area contributed by atoms with E-state index < -0.39 is 11.4 Å². The van der Waals surface area contributed by atoms with Gasteiger partial charge in [-0.15, -0.1) is 0 Å². The van der Waals surface area contributed by atoms with E-state index in [0.717, 1.165) is 33.8 Å². The van der Waals surface area contributed by atoms with Crippen LogP contribution in [-0.4, -0.2) is 30.4 Å². The zero-order valence-corrected chi connectivity index (χ0v) is 20.0. The zero-order valence-electron chi connectivity index (χ0n) is 19.2. The van der Waals surface area contributed by atoms with E-state index >= 15 is 0 Å². The predicted molar refractivity (Wildman–Crippen MR) is 136 cm³/mol. The summed E-state index contributed by atoms with van der Waals surface area (Å²) >= 11 is 1.26. The third kappa shape index (κ3) is 4.16. The SMILES string of the molecule is O=C(Cc1ccc(-c2cnc3cc(-c4ccncc4)ccn23)cc1F)Nc1ncc(C2(O)CCC2)s1. The molecule has 0 spiro atoms. The molecular formula is C27H22FN5O2S. The summed E-state index contributed by atoms with van der Waals surface area (Å²) in [5, 5.41) is 13.6. The highest BCUT2D eigenvalue weighted by atomic mass is 32.1. The van der Waals surface area contributed by atoms with Gasteiger partial charge in [0.15, 0.2) is 5.13 Å². The normalized spacial score (nSPS) is 14.5. The minimum Gasteiger partial charge on any atom is -0.384 e. The number of halogens is 1. The lowest BCUT2D eigenvalue weighted by Gasteiger charge is -2.35. The number of carbonyl (C=O) groups excluding carboxylic acids is 1. The highest BCUT2D eigenvalue weighted by Crippen LogP contribution is 2.44. The summed E-state index contributed by atoms with van der Waals surface area (Å²) < 4.78 is 16.9. The van der Waals surface area contributed by atoms with Crippen LogP contribution in [0.15, 0.2) is 73.4 Å². The first kappa shape index (κ1) is 22.5. The van der Waals surface area contributed by atoms with Crippen molar-refractivity contribution in [3.05, 3.63) is 89.7 Å². The lowest BCUT2D eigenvalue weighted by Crippen LogP contribution is -2.32. The van der Waals surface area contributed by atoms with Gasteiger partial charge in [-0.2, -0.15) is 0 Å². The first-order valence-corrected chi connectivity index (χ1v) is 12.4. The molecule has 1 aliphatic rings. The van der Waals surface area contributed by atoms with Crippen molar-refractivity contribution >= 4 is 28.0 Å². The van der Waals surface area contributed by atoms with Crippen molar-refractivity contribution in [3.63, 3.8) is 0 Å². The lowest BCUT2D eigenvalue weighted by molar-refractivity contribution is -0.115. The summed E-state index contributed by atoms with van der Waals surface area (Å²) in [7, 11) is 0. The van der Waals surface area contributed by atoms with Gasteiger partial charge in [-0.05, 0) is 66.3 Å². The van der Waals surface area contributed by atoms with Crippen LogP contribution < -0.4 is 5.32 Å². The fourth-order valence-electron chi connectivity index (χ4n) is 4.41. The van der Waals surface area contributed by atoms with Gasteiger partial charge in [-0.1, -0.05) is 23.5 Å². The van der Waals surface area contributed by atoms with Crippen LogP contribution in [-0.2, 0) is 16.8 Å². The first-order valence-electron chi connectivity index (χ1n) is 11.6. The summed E-state index contributed by atoms with van der Waals surface area (Å²) in [6, 6.07) is 12.7. The summed E-state index contributed by atoms with van der Waals surface area (Å²) in [5.41, 5.74) is 3.70. The van der Waals surface area contributed by atoms with Gasteiger partial charge in [-0.25, -0.2) is 14.4 Å². The monoisotopic (exact) mass is 499 g/mol. The second-order valence-corrected chi connectivity index (χ2v) is 10.00. The molecule has 0 bridgehead atoms. The van der Waals surface area contributed by atoms with Gasteiger partial charge in [-0.3, -0.25) is 14.2 Å². The van der Waals surface area contributed by atoms with Gasteiger partial charge in [0.25, 0.3) is 0 Å². The largest absolute Gasteiger partial charge is 0.384 e. The Bertz CT molecular complexity index is 1580. The lowest BCUT2D eigenvalue weighted by atomic mass is 9.79. The number of aromatic nitrogens is 4. The van der Waals surface area contributed by atoms with Crippen molar-refractivity contribution in [2.45, 2.75) is 31.3 Å². The molecule has 0 aliphatic heterocycles. The van der Waals surface area contributed by atoms with Crippen molar-refractivity contribution < 1.29 is 14.3 Å². The number of thiazole rings is 1. The van der Waals surface area contributed by atoms with E-state index in [1.165, 1.54) is 17.4 Å². The van der Waals surface area contributed by atoms with Crippen LogP contribution in [0.4, 0.5) is 9.52 Å². The van der Waals surface area contributed by atoms with Crippen molar-refractivity contribution in [1.82, 2.24) is 19.4 Å². The van der Waals surface area contributed by atoms with Crippen LogP contribution in [0.2, 0.25) is 0 Å². The molecule has 6 rings (SSSR count). The van der Waals surface area contributed by atoms with Crippen molar-refractivity contribution in [3.8, 4) is 22.4 Å². The van der Waals surface area contributed by atoms with Gasteiger partial charge in [0.05, 0.1) is 23.2 Å². The number of carbonyl (C=O) groups is 1. The average molecular weight is 500 g/mol. The fourth-order valence-corrected chi connectivity index (χ4v) is 5.39. The molecule has 2 N–H and O–H groups in total. The average Bonchev–Trinajstić information content (AvgIpc) is 3.51. The minimum atomic E-state index is -0.818. The maximum atomic E-state index is 15.0. The Morgan fingerprint density at radius 2 is 1.89 bits per heavy atom. The second kappa shape index (κ2) is 8.92. The molecule has 0 atom stereocenters. The fraction of sp³-hybridized carbons (Fsp3) is 0.185. The Hall–Kier alpha value is -3.95. The van der Waals surface area contributed by atoms with E-state index in [4.69, 9.17) is 0 Å². The molecule has 4 heterocycles. The van der Waals surface area contributed by atoms with Crippen LogP contribution >= 0.6 is 11.3 Å².